The summed E-state index contributed by atoms with van der Waals surface area (Å²) < 4.78 is 0. The monoisotopic (exact) mass is 265 g/mol. The Hall–Kier alpha value is -0.120. The first-order valence-corrected chi connectivity index (χ1v) is 8.46. The fourth-order valence-electron chi connectivity index (χ4n) is 4.34. The van der Waals surface area contributed by atoms with Crippen molar-refractivity contribution in [3.8, 4) is 0 Å². The van der Waals surface area contributed by atoms with E-state index in [1.54, 1.807) is 0 Å². The van der Waals surface area contributed by atoms with Crippen molar-refractivity contribution in [2.75, 3.05) is 39.3 Å². The predicted molar refractivity (Wildman–Crippen MR) is 80.2 cm³/mol. The van der Waals surface area contributed by atoms with Gasteiger partial charge in [0.1, 0.15) is 0 Å². The summed E-state index contributed by atoms with van der Waals surface area (Å²) in [6.07, 6.45) is 11.4. The average Bonchev–Trinajstić information content (AvgIpc) is 2.89. The van der Waals surface area contributed by atoms with Crippen molar-refractivity contribution in [3.05, 3.63) is 0 Å². The molecule has 0 aromatic rings. The van der Waals surface area contributed by atoms with Crippen LogP contribution in [0.1, 0.15) is 51.4 Å². The molecule has 3 rings (SSSR count). The summed E-state index contributed by atoms with van der Waals surface area (Å²) >= 11 is 0. The highest BCUT2D eigenvalue weighted by Crippen LogP contribution is 2.45. The molecule has 3 nitrogen and oxygen atoms in total. The van der Waals surface area contributed by atoms with Gasteiger partial charge in [-0.1, -0.05) is 12.8 Å². The van der Waals surface area contributed by atoms with Gasteiger partial charge in [0.05, 0.1) is 0 Å². The summed E-state index contributed by atoms with van der Waals surface area (Å²) in [5.41, 5.74) is 6.74. The summed E-state index contributed by atoms with van der Waals surface area (Å²) in [5, 5.41) is 0. The third kappa shape index (κ3) is 3.50. The van der Waals surface area contributed by atoms with Crippen LogP contribution in [0.2, 0.25) is 0 Å². The van der Waals surface area contributed by atoms with E-state index in [2.05, 4.69) is 9.80 Å². The Kier molecular flexibility index (Phi) is 4.45. The molecule has 0 atom stereocenters. The van der Waals surface area contributed by atoms with Gasteiger partial charge in [-0.3, -0.25) is 0 Å². The van der Waals surface area contributed by atoms with Gasteiger partial charge in [0.15, 0.2) is 0 Å². The number of piperidine rings is 2. The summed E-state index contributed by atoms with van der Waals surface area (Å²) in [6, 6.07) is 0.466. The quantitative estimate of drug-likeness (QED) is 0.848. The average molecular weight is 265 g/mol. The Balaban J connectivity index is 1.36. The molecule has 1 saturated carbocycles. The maximum Gasteiger partial charge on any atom is 0.0109 e. The Morgan fingerprint density at radius 1 is 0.789 bits per heavy atom. The van der Waals surface area contributed by atoms with E-state index in [0.717, 1.165) is 5.41 Å². The van der Waals surface area contributed by atoms with Crippen LogP contribution in [0.15, 0.2) is 0 Å². The lowest BCUT2D eigenvalue weighted by Crippen LogP contribution is -2.45. The highest BCUT2D eigenvalue weighted by molar-refractivity contribution is 4.89. The molecule has 3 heteroatoms. The highest BCUT2D eigenvalue weighted by Gasteiger charge is 2.36. The van der Waals surface area contributed by atoms with Crippen LogP contribution < -0.4 is 5.73 Å². The zero-order chi connectivity index (χ0) is 13.1. The van der Waals surface area contributed by atoms with Crippen molar-refractivity contribution >= 4 is 0 Å². The van der Waals surface area contributed by atoms with E-state index >= 15 is 0 Å². The Morgan fingerprint density at radius 2 is 1.32 bits per heavy atom. The van der Waals surface area contributed by atoms with Crippen molar-refractivity contribution in [1.82, 2.24) is 9.80 Å². The van der Waals surface area contributed by atoms with Crippen molar-refractivity contribution < 1.29 is 0 Å². The van der Waals surface area contributed by atoms with Crippen LogP contribution in [0.25, 0.3) is 0 Å². The van der Waals surface area contributed by atoms with Gasteiger partial charge in [-0.05, 0) is 70.1 Å². The van der Waals surface area contributed by atoms with Gasteiger partial charge in [0, 0.05) is 19.1 Å². The van der Waals surface area contributed by atoms with Crippen molar-refractivity contribution in [2.24, 2.45) is 11.1 Å². The van der Waals surface area contributed by atoms with E-state index in [9.17, 15) is 0 Å². The van der Waals surface area contributed by atoms with Crippen molar-refractivity contribution in [2.45, 2.75) is 57.4 Å². The molecule has 0 bridgehead atoms. The van der Waals surface area contributed by atoms with Crippen LogP contribution in [0, 0.1) is 5.41 Å². The molecule has 0 amide bonds. The largest absolute Gasteiger partial charge is 0.328 e. The zero-order valence-electron chi connectivity index (χ0n) is 12.4. The lowest BCUT2D eigenvalue weighted by atomic mass is 9.77. The maximum atomic E-state index is 5.97. The van der Waals surface area contributed by atoms with E-state index in [-0.39, 0.29) is 0 Å². The third-order valence-electron chi connectivity index (χ3n) is 5.95. The zero-order valence-corrected chi connectivity index (χ0v) is 12.4. The highest BCUT2D eigenvalue weighted by atomic mass is 15.2. The van der Waals surface area contributed by atoms with E-state index in [1.807, 2.05) is 0 Å². The number of rotatable bonds is 3. The van der Waals surface area contributed by atoms with E-state index in [4.69, 9.17) is 5.73 Å². The number of nitrogens with two attached hydrogens (primary N) is 1. The SMILES string of the molecule is NC1CCN(CCN2CCC3(CCCC3)CC2)CC1. The van der Waals surface area contributed by atoms with Crippen molar-refractivity contribution in [1.29, 1.82) is 0 Å². The van der Waals surface area contributed by atoms with Gasteiger partial charge in [-0.2, -0.15) is 0 Å². The van der Waals surface area contributed by atoms with Crippen LogP contribution in [-0.4, -0.2) is 55.1 Å². The van der Waals surface area contributed by atoms with Crippen LogP contribution >= 0.6 is 0 Å². The molecule has 3 aliphatic rings. The van der Waals surface area contributed by atoms with Crippen LogP contribution in [0.5, 0.6) is 0 Å². The summed E-state index contributed by atoms with van der Waals surface area (Å²) in [4.78, 5) is 5.32. The predicted octanol–water partition coefficient (Wildman–Crippen LogP) is 2.07. The van der Waals surface area contributed by atoms with Crippen LogP contribution in [0.3, 0.4) is 0 Å². The number of likely N-dealkylation sites (tertiary alicyclic amines) is 2. The summed E-state index contributed by atoms with van der Waals surface area (Å²) in [5.74, 6) is 0. The first-order valence-electron chi connectivity index (χ1n) is 8.46. The van der Waals surface area contributed by atoms with Gasteiger partial charge in [0.2, 0.25) is 0 Å². The Labute approximate surface area is 118 Å². The fourth-order valence-corrected chi connectivity index (χ4v) is 4.34. The maximum absolute atomic E-state index is 5.97. The van der Waals surface area contributed by atoms with Crippen LogP contribution in [-0.2, 0) is 0 Å². The minimum Gasteiger partial charge on any atom is -0.328 e. The first-order chi connectivity index (χ1) is 9.26. The Morgan fingerprint density at radius 3 is 1.89 bits per heavy atom. The van der Waals surface area contributed by atoms with Gasteiger partial charge in [-0.25, -0.2) is 0 Å². The molecular weight excluding hydrogens is 234 g/mol. The van der Waals surface area contributed by atoms with Gasteiger partial charge >= 0.3 is 0 Å². The molecule has 2 N–H and O–H groups in total. The molecule has 0 unspecified atom stereocenters. The molecule has 0 aromatic carbocycles. The molecule has 2 saturated heterocycles. The Bertz CT molecular complexity index is 268. The molecule has 110 valence electrons. The van der Waals surface area contributed by atoms with E-state index in [1.165, 1.54) is 90.6 Å². The molecule has 19 heavy (non-hydrogen) atoms. The molecule has 0 radical (unpaired) electrons. The normalized spacial score (nSPS) is 30.2. The van der Waals surface area contributed by atoms with Crippen LogP contribution in [0.4, 0.5) is 0 Å². The second-order valence-electron chi connectivity index (χ2n) is 7.23. The van der Waals surface area contributed by atoms with Crippen molar-refractivity contribution in [3.63, 3.8) is 0 Å². The second kappa shape index (κ2) is 6.11. The minimum absolute atomic E-state index is 0.466. The molecule has 3 fully saturated rings. The second-order valence-corrected chi connectivity index (χ2v) is 7.23. The van der Waals surface area contributed by atoms with Gasteiger partial charge in [-0.15, -0.1) is 0 Å². The smallest absolute Gasteiger partial charge is 0.0109 e. The molecule has 1 aliphatic carbocycles. The lowest BCUT2D eigenvalue weighted by molar-refractivity contribution is 0.0935. The van der Waals surface area contributed by atoms with Gasteiger partial charge < -0.3 is 15.5 Å². The first kappa shape index (κ1) is 13.8. The molecule has 2 aliphatic heterocycles. The topological polar surface area (TPSA) is 32.5 Å². The van der Waals surface area contributed by atoms with Gasteiger partial charge in [0.25, 0.3) is 0 Å². The van der Waals surface area contributed by atoms with E-state index < -0.39 is 0 Å². The fraction of sp³-hybridized carbons (Fsp3) is 1.00. The number of hydrogen-bond acceptors (Lipinski definition) is 3. The van der Waals surface area contributed by atoms with E-state index in [0.29, 0.717) is 6.04 Å². The number of hydrogen-bond donors (Lipinski definition) is 1. The number of nitrogens with zero attached hydrogens (tertiary/aromatic N) is 2. The standard InChI is InChI=1S/C16H31N3/c17-15-3-9-18(10-4-15)13-14-19-11-7-16(8-12-19)5-1-2-6-16/h15H,1-14,17H2. The minimum atomic E-state index is 0.466. The summed E-state index contributed by atoms with van der Waals surface area (Å²) in [7, 11) is 0. The molecular formula is C16H31N3. The third-order valence-corrected chi connectivity index (χ3v) is 5.95. The molecule has 1 spiro atoms. The molecule has 0 aromatic heterocycles. The lowest BCUT2D eigenvalue weighted by Gasteiger charge is -2.40. The molecule has 2 heterocycles. The summed E-state index contributed by atoms with van der Waals surface area (Å²) in [6.45, 7) is 7.70.